The van der Waals surface area contributed by atoms with Crippen molar-refractivity contribution in [3.05, 3.63) is 33.6 Å². The zero-order valence-corrected chi connectivity index (χ0v) is 11.6. The van der Waals surface area contributed by atoms with Crippen LogP contribution in [0, 0.1) is 34.2 Å². The number of halogens is 1. The molecule has 1 aromatic carbocycles. The molecule has 1 unspecified atom stereocenters. The first-order valence-electron chi connectivity index (χ1n) is 6.74. The monoisotopic (exact) mass is 293 g/mol. The van der Waals surface area contributed by atoms with Gasteiger partial charge in [-0.25, -0.2) is 4.39 Å². The van der Waals surface area contributed by atoms with Gasteiger partial charge in [0.05, 0.1) is 29.7 Å². The normalized spacial score (nSPS) is 15.3. The first-order chi connectivity index (χ1) is 10.0. The fourth-order valence-electron chi connectivity index (χ4n) is 1.96. The number of hydrogen-bond acceptors (Lipinski definition) is 5. The lowest BCUT2D eigenvalue weighted by Gasteiger charge is -2.12. The van der Waals surface area contributed by atoms with Gasteiger partial charge >= 0.3 is 0 Å². The molecule has 2 rings (SSSR count). The molecule has 0 aliphatic heterocycles. The fraction of sp³-hybridized carbons (Fsp3) is 0.500. The van der Waals surface area contributed by atoms with Crippen LogP contribution in [0.5, 0.6) is 5.75 Å². The predicted octanol–water partition coefficient (Wildman–Crippen LogP) is 2.46. The lowest BCUT2D eigenvalue weighted by Crippen LogP contribution is -2.31. The van der Waals surface area contributed by atoms with Gasteiger partial charge in [0.15, 0.2) is 11.6 Å². The molecule has 0 saturated heterocycles. The van der Waals surface area contributed by atoms with Gasteiger partial charge in [-0.1, -0.05) is 0 Å². The molecule has 1 fully saturated rings. The highest BCUT2D eigenvalue weighted by atomic mass is 19.1. The van der Waals surface area contributed by atoms with E-state index in [1.165, 1.54) is 13.0 Å². The Hall–Kier alpha value is -2.20. The Morgan fingerprint density at radius 2 is 2.33 bits per heavy atom. The third kappa shape index (κ3) is 4.13. The molecule has 1 atom stereocenters. The lowest BCUT2D eigenvalue weighted by molar-refractivity contribution is -0.385. The molecule has 0 spiro atoms. The van der Waals surface area contributed by atoms with Gasteiger partial charge < -0.3 is 4.74 Å². The smallest absolute Gasteiger partial charge is 0.275 e. The van der Waals surface area contributed by atoms with Crippen LogP contribution < -0.4 is 10.1 Å². The number of nitro benzene ring substituents is 1. The Morgan fingerprint density at radius 1 is 1.62 bits per heavy atom. The lowest BCUT2D eigenvalue weighted by atomic mass is 10.2. The summed E-state index contributed by atoms with van der Waals surface area (Å²) in [6, 6.07) is 4.39. The molecule has 6 nitrogen and oxygen atoms in total. The van der Waals surface area contributed by atoms with E-state index in [-0.39, 0.29) is 24.1 Å². The van der Waals surface area contributed by atoms with E-state index < -0.39 is 10.7 Å². The summed E-state index contributed by atoms with van der Waals surface area (Å²) in [4.78, 5) is 10.1. The maximum atomic E-state index is 13.7. The number of rotatable bonds is 7. The molecule has 0 heterocycles. The van der Waals surface area contributed by atoms with Gasteiger partial charge in [-0.3, -0.25) is 15.4 Å². The molecule has 21 heavy (non-hydrogen) atoms. The Bertz CT molecular complexity index is 582. The molecular weight excluding hydrogens is 277 g/mol. The summed E-state index contributed by atoms with van der Waals surface area (Å²) in [6.45, 7) is 1.70. The molecule has 0 bridgehead atoms. The molecule has 112 valence electrons. The molecule has 1 saturated carbocycles. The van der Waals surface area contributed by atoms with E-state index in [2.05, 4.69) is 11.4 Å². The van der Waals surface area contributed by atoms with Gasteiger partial charge in [0.2, 0.25) is 0 Å². The number of nitro groups is 1. The van der Waals surface area contributed by atoms with Crippen molar-refractivity contribution in [2.75, 3.05) is 6.61 Å². The van der Waals surface area contributed by atoms with E-state index >= 15 is 0 Å². The van der Waals surface area contributed by atoms with E-state index in [0.29, 0.717) is 18.0 Å². The van der Waals surface area contributed by atoms with E-state index in [1.807, 2.05) is 0 Å². The number of nitriles is 1. The third-order valence-electron chi connectivity index (χ3n) is 3.28. The first-order valence-corrected chi connectivity index (χ1v) is 6.74. The quantitative estimate of drug-likeness (QED) is 0.616. The summed E-state index contributed by atoms with van der Waals surface area (Å²) in [7, 11) is 0. The van der Waals surface area contributed by atoms with Crippen molar-refractivity contribution in [3.8, 4) is 11.8 Å². The van der Waals surface area contributed by atoms with Crippen LogP contribution in [0.3, 0.4) is 0 Å². The van der Waals surface area contributed by atoms with Crippen molar-refractivity contribution in [1.82, 2.24) is 5.32 Å². The average Bonchev–Trinajstić information content (AvgIpc) is 3.24. The third-order valence-corrected chi connectivity index (χ3v) is 3.28. The van der Waals surface area contributed by atoms with Crippen molar-refractivity contribution in [3.63, 3.8) is 0 Å². The second-order valence-corrected chi connectivity index (χ2v) is 5.09. The fourth-order valence-corrected chi connectivity index (χ4v) is 1.96. The average molecular weight is 293 g/mol. The van der Waals surface area contributed by atoms with Crippen LogP contribution in [0.2, 0.25) is 0 Å². The molecule has 1 aromatic rings. The van der Waals surface area contributed by atoms with Gasteiger partial charge in [-0.05, 0) is 25.8 Å². The molecule has 1 aliphatic carbocycles. The van der Waals surface area contributed by atoms with Crippen LogP contribution in [0.4, 0.5) is 10.1 Å². The Labute approximate surface area is 121 Å². The molecule has 0 aromatic heterocycles. The number of aryl methyl sites for hydroxylation is 1. The summed E-state index contributed by atoms with van der Waals surface area (Å²) >= 11 is 0. The Morgan fingerprint density at radius 3 is 2.90 bits per heavy atom. The summed E-state index contributed by atoms with van der Waals surface area (Å²) in [5.74, 6) is -0.794. The number of ether oxygens (including phenoxy) is 1. The summed E-state index contributed by atoms with van der Waals surface area (Å²) in [6.07, 6.45) is 2.59. The van der Waals surface area contributed by atoms with Gasteiger partial charge in [-0.15, -0.1) is 0 Å². The zero-order chi connectivity index (χ0) is 15.4. The highest BCUT2D eigenvalue weighted by Gasteiger charge is 2.24. The van der Waals surface area contributed by atoms with Crippen LogP contribution in [-0.4, -0.2) is 23.6 Å². The number of hydrogen-bond donors (Lipinski definition) is 1. The molecular formula is C14H16FN3O3. The van der Waals surface area contributed by atoms with Crippen molar-refractivity contribution in [1.29, 1.82) is 5.26 Å². The van der Waals surface area contributed by atoms with Gasteiger partial charge in [0, 0.05) is 18.0 Å². The summed E-state index contributed by atoms with van der Waals surface area (Å²) in [5, 5.41) is 22.8. The second kappa shape index (κ2) is 6.50. The van der Waals surface area contributed by atoms with Gasteiger partial charge in [-0.2, -0.15) is 5.26 Å². The van der Waals surface area contributed by atoms with Crippen LogP contribution in [-0.2, 0) is 0 Å². The molecule has 0 radical (unpaired) electrons. The van der Waals surface area contributed by atoms with Crippen LogP contribution in [0.1, 0.15) is 24.8 Å². The van der Waals surface area contributed by atoms with Crippen molar-refractivity contribution >= 4 is 5.69 Å². The van der Waals surface area contributed by atoms with Crippen molar-refractivity contribution < 1.29 is 14.1 Å². The molecule has 1 aliphatic rings. The van der Waals surface area contributed by atoms with Gasteiger partial charge in [0.1, 0.15) is 0 Å². The minimum Gasteiger partial charge on any atom is -0.490 e. The highest BCUT2D eigenvalue weighted by molar-refractivity contribution is 5.45. The zero-order valence-electron chi connectivity index (χ0n) is 11.6. The minimum atomic E-state index is -0.768. The van der Waals surface area contributed by atoms with Crippen LogP contribution in [0.15, 0.2) is 12.1 Å². The molecule has 1 N–H and O–H groups in total. The number of nitrogens with one attached hydrogen (secondary N) is 1. The van der Waals surface area contributed by atoms with E-state index in [4.69, 9.17) is 10.00 Å². The second-order valence-electron chi connectivity index (χ2n) is 5.09. The number of benzene rings is 1. The van der Waals surface area contributed by atoms with E-state index in [0.717, 1.165) is 18.9 Å². The van der Waals surface area contributed by atoms with Gasteiger partial charge in [0.25, 0.3) is 5.69 Å². The van der Waals surface area contributed by atoms with E-state index in [1.54, 1.807) is 0 Å². The van der Waals surface area contributed by atoms with Crippen LogP contribution >= 0.6 is 0 Å². The summed E-state index contributed by atoms with van der Waals surface area (Å²) < 4.78 is 19.0. The summed E-state index contributed by atoms with van der Waals surface area (Å²) in [5.41, 5.74) is 0.0643. The first kappa shape index (κ1) is 15.2. The molecule has 0 amide bonds. The largest absolute Gasteiger partial charge is 0.490 e. The minimum absolute atomic E-state index is 0.0267. The Kier molecular flexibility index (Phi) is 4.70. The topological polar surface area (TPSA) is 88.2 Å². The van der Waals surface area contributed by atoms with Crippen molar-refractivity contribution in [2.24, 2.45) is 0 Å². The maximum absolute atomic E-state index is 13.7. The maximum Gasteiger partial charge on any atom is 0.275 e. The Balaban J connectivity index is 1.92. The van der Waals surface area contributed by atoms with Crippen LogP contribution in [0.25, 0.3) is 0 Å². The molecule has 7 heteroatoms. The van der Waals surface area contributed by atoms with Crippen molar-refractivity contribution in [2.45, 2.75) is 38.3 Å². The van der Waals surface area contributed by atoms with E-state index in [9.17, 15) is 14.5 Å². The predicted molar refractivity (Wildman–Crippen MR) is 73.5 cm³/mol. The SMILES string of the molecule is Cc1cc(OCCC(C#N)NC2CC2)c(F)cc1[N+](=O)[O-]. The standard InChI is InChI=1S/C14H16FN3O3/c1-9-6-14(12(15)7-13(9)18(19)20)21-5-4-11(8-16)17-10-2-3-10/h6-7,10-11,17H,2-5H2,1H3. The number of nitrogens with zero attached hydrogens (tertiary/aromatic N) is 2. The highest BCUT2D eigenvalue weighted by Crippen LogP contribution is 2.27.